The number of benzene rings is 3. The third-order valence-corrected chi connectivity index (χ3v) is 7.16. The summed E-state index contributed by atoms with van der Waals surface area (Å²) in [7, 11) is 1.52. The van der Waals surface area contributed by atoms with Crippen LogP contribution in [0.15, 0.2) is 70.0 Å². The molecule has 0 unspecified atom stereocenters. The van der Waals surface area contributed by atoms with Gasteiger partial charge in [0, 0.05) is 10.0 Å². The molecule has 37 heavy (non-hydrogen) atoms. The molecule has 0 aliphatic carbocycles. The molecule has 1 fully saturated rings. The number of methoxy groups -OCH3 is 1. The van der Waals surface area contributed by atoms with E-state index in [1.54, 1.807) is 30.3 Å². The predicted octanol–water partition coefficient (Wildman–Crippen LogP) is 6.33. The Bertz CT molecular complexity index is 1400. The van der Waals surface area contributed by atoms with E-state index in [4.69, 9.17) is 14.2 Å². The van der Waals surface area contributed by atoms with Crippen molar-refractivity contribution in [1.29, 1.82) is 5.26 Å². The molecular weight excluding hydrogens is 556 g/mol. The number of hydrogen-bond donors (Lipinski definition) is 0. The summed E-state index contributed by atoms with van der Waals surface area (Å²) in [5.41, 5.74) is 3.07. The summed E-state index contributed by atoms with van der Waals surface area (Å²) in [6, 6.07) is 20.4. The fourth-order valence-corrected chi connectivity index (χ4v) is 4.86. The van der Waals surface area contributed by atoms with E-state index >= 15 is 0 Å². The Kier molecular flexibility index (Phi) is 8.54. The zero-order chi connectivity index (χ0) is 26.4. The van der Waals surface area contributed by atoms with Crippen LogP contribution < -0.4 is 14.2 Å². The number of thioether (sulfide) groups is 1. The van der Waals surface area contributed by atoms with E-state index in [-0.39, 0.29) is 30.9 Å². The number of carbonyl (C=O) groups excluding carboxylic acids is 2. The van der Waals surface area contributed by atoms with Gasteiger partial charge in [-0.2, -0.15) is 5.26 Å². The molecule has 0 N–H and O–H groups in total. The second kappa shape index (κ2) is 12.0. The second-order valence-electron chi connectivity index (χ2n) is 8.08. The number of nitrogens with zero attached hydrogens (tertiary/aromatic N) is 2. The van der Waals surface area contributed by atoms with Crippen molar-refractivity contribution >= 4 is 44.9 Å². The highest BCUT2D eigenvalue weighted by molar-refractivity contribution is 9.10. The van der Waals surface area contributed by atoms with E-state index < -0.39 is 0 Å². The summed E-state index contributed by atoms with van der Waals surface area (Å²) in [4.78, 5) is 26.9. The van der Waals surface area contributed by atoms with Gasteiger partial charge in [-0.05, 0) is 60.7 Å². The first kappa shape index (κ1) is 26.3. The first-order valence-electron chi connectivity index (χ1n) is 11.3. The van der Waals surface area contributed by atoms with E-state index in [0.717, 1.165) is 22.9 Å². The Labute approximate surface area is 227 Å². The van der Waals surface area contributed by atoms with E-state index in [1.807, 2.05) is 43.3 Å². The average molecular weight is 579 g/mol. The minimum absolute atomic E-state index is 0.150. The van der Waals surface area contributed by atoms with Crippen LogP contribution in [0.2, 0.25) is 0 Å². The van der Waals surface area contributed by atoms with Crippen LogP contribution in [0.3, 0.4) is 0 Å². The Morgan fingerprint density at radius 3 is 2.54 bits per heavy atom. The largest absolute Gasteiger partial charge is 0.493 e. The highest BCUT2D eigenvalue weighted by Crippen LogP contribution is 2.38. The summed E-state index contributed by atoms with van der Waals surface area (Å²) < 4.78 is 17.8. The minimum Gasteiger partial charge on any atom is -0.493 e. The van der Waals surface area contributed by atoms with Crippen LogP contribution in [0.1, 0.15) is 22.3 Å². The van der Waals surface area contributed by atoms with Crippen molar-refractivity contribution < 1.29 is 23.8 Å². The number of ether oxygens (including phenoxy) is 3. The van der Waals surface area contributed by atoms with Crippen molar-refractivity contribution in [2.75, 3.05) is 20.3 Å². The van der Waals surface area contributed by atoms with Gasteiger partial charge in [0.05, 0.1) is 30.2 Å². The van der Waals surface area contributed by atoms with Gasteiger partial charge in [0.25, 0.3) is 11.1 Å². The van der Waals surface area contributed by atoms with Gasteiger partial charge in [0.2, 0.25) is 0 Å². The van der Waals surface area contributed by atoms with Crippen LogP contribution in [-0.4, -0.2) is 36.3 Å². The number of halogens is 1. The molecule has 3 aromatic rings. The van der Waals surface area contributed by atoms with Gasteiger partial charge in [0.1, 0.15) is 19.0 Å². The summed E-state index contributed by atoms with van der Waals surface area (Å²) in [5.74, 6) is 1.24. The summed E-state index contributed by atoms with van der Waals surface area (Å²) in [6.45, 7) is 2.53. The number of aryl methyl sites for hydroxylation is 1. The lowest BCUT2D eigenvalue weighted by atomic mass is 10.1. The maximum Gasteiger partial charge on any atom is 0.293 e. The standard InChI is InChI=1S/C28H23BrN2O5S/c1-18-7-9-22(10-8-18)35-12-11-31-27(32)26(37-28(31)33)14-21-13-24(34-2)25(15-23(21)29)36-17-20-6-4-3-5-19(20)16-30/h3-10,13-15H,11-12,17H2,1-2H3/b26-14-. The molecule has 0 radical (unpaired) electrons. The van der Waals surface area contributed by atoms with Gasteiger partial charge in [-0.15, -0.1) is 0 Å². The highest BCUT2D eigenvalue weighted by atomic mass is 79.9. The topological polar surface area (TPSA) is 88.9 Å². The molecule has 2 amide bonds. The summed E-state index contributed by atoms with van der Waals surface area (Å²) in [5, 5.41) is 8.95. The van der Waals surface area contributed by atoms with Gasteiger partial charge in [-0.3, -0.25) is 14.5 Å². The molecule has 1 heterocycles. The van der Waals surface area contributed by atoms with Gasteiger partial charge in [-0.25, -0.2) is 0 Å². The number of amides is 2. The predicted molar refractivity (Wildman–Crippen MR) is 146 cm³/mol. The van der Waals surface area contributed by atoms with Gasteiger partial charge in [0.15, 0.2) is 11.5 Å². The summed E-state index contributed by atoms with van der Waals surface area (Å²) in [6.07, 6.45) is 1.65. The quantitative estimate of drug-likeness (QED) is 0.274. The SMILES string of the molecule is COc1cc(/C=C2\SC(=O)N(CCOc3ccc(C)cc3)C2=O)c(Br)cc1OCc1ccccc1C#N. The molecule has 188 valence electrons. The van der Waals surface area contributed by atoms with E-state index in [0.29, 0.717) is 37.8 Å². The van der Waals surface area contributed by atoms with Gasteiger partial charge < -0.3 is 14.2 Å². The van der Waals surface area contributed by atoms with Crippen LogP contribution in [0.4, 0.5) is 4.79 Å². The van der Waals surface area contributed by atoms with E-state index in [1.165, 1.54) is 12.0 Å². The zero-order valence-electron chi connectivity index (χ0n) is 20.2. The summed E-state index contributed by atoms with van der Waals surface area (Å²) >= 11 is 4.41. The average Bonchev–Trinajstić information content (AvgIpc) is 3.17. The van der Waals surface area contributed by atoms with E-state index in [2.05, 4.69) is 22.0 Å². The Hall–Kier alpha value is -3.74. The normalized spacial score (nSPS) is 14.1. The van der Waals surface area contributed by atoms with Crippen molar-refractivity contribution in [1.82, 2.24) is 4.90 Å². The molecule has 1 aliphatic rings. The molecule has 4 rings (SSSR count). The van der Waals surface area contributed by atoms with Gasteiger partial charge >= 0.3 is 0 Å². The lowest BCUT2D eigenvalue weighted by Gasteiger charge is -2.14. The minimum atomic E-state index is -0.373. The lowest BCUT2D eigenvalue weighted by Crippen LogP contribution is -2.32. The number of rotatable bonds is 9. The van der Waals surface area contributed by atoms with Crippen LogP contribution in [0.25, 0.3) is 6.08 Å². The van der Waals surface area contributed by atoms with Crippen LogP contribution in [0, 0.1) is 18.3 Å². The zero-order valence-corrected chi connectivity index (χ0v) is 22.6. The fraction of sp³-hybridized carbons (Fsp3) is 0.179. The molecule has 9 heteroatoms. The first-order valence-corrected chi connectivity index (χ1v) is 12.9. The molecule has 0 spiro atoms. The molecule has 3 aromatic carbocycles. The molecule has 1 saturated heterocycles. The fourth-order valence-electron chi connectivity index (χ4n) is 3.57. The second-order valence-corrected chi connectivity index (χ2v) is 9.92. The third-order valence-electron chi connectivity index (χ3n) is 5.57. The van der Waals surface area contributed by atoms with Crippen molar-refractivity contribution in [3.63, 3.8) is 0 Å². The molecule has 7 nitrogen and oxygen atoms in total. The van der Waals surface area contributed by atoms with Crippen LogP contribution >= 0.6 is 27.7 Å². The number of imide groups is 1. The van der Waals surface area contributed by atoms with E-state index in [9.17, 15) is 14.9 Å². The molecule has 1 aliphatic heterocycles. The van der Waals surface area contributed by atoms with Crippen molar-refractivity contribution in [2.45, 2.75) is 13.5 Å². The molecule has 0 atom stereocenters. The Morgan fingerprint density at radius 2 is 1.81 bits per heavy atom. The first-order chi connectivity index (χ1) is 17.9. The van der Waals surface area contributed by atoms with Crippen molar-refractivity contribution in [2.24, 2.45) is 0 Å². The molecular formula is C28H23BrN2O5S. The number of hydrogen-bond acceptors (Lipinski definition) is 7. The molecule has 0 bridgehead atoms. The Morgan fingerprint density at radius 1 is 1.05 bits per heavy atom. The monoisotopic (exact) mass is 578 g/mol. The third kappa shape index (κ3) is 6.34. The maximum absolute atomic E-state index is 12.9. The van der Waals surface area contributed by atoms with Crippen LogP contribution in [0.5, 0.6) is 17.2 Å². The molecule has 0 saturated carbocycles. The lowest BCUT2D eigenvalue weighted by molar-refractivity contribution is -0.123. The van der Waals surface area contributed by atoms with Gasteiger partial charge in [-0.1, -0.05) is 51.8 Å². The van der Waals surface area contributed by atoms with Crippen LogP contribution in [-0.2, 0) is 11.4 Å². The highest BCUT2D eigenvalue weighted by Gasteiger charge is 2.35. The Balaban J connectivity index is 1.45. The number of carbonyl (C=O) groups is 2. The van der Waals surface area contributed by atoms with Crippen molar-refractivity contribution in [3.05, 3.63) is 92.3 Å². The molecule has 0 aromatic heterocycles. The van der Waals surface area contributed by atoms with Crippen molar-refractivity contribution in [3.8, 4) is 23.3 Å². The maximum atomic E-state index is 12.9. The smallest absolute Gasteiger partial charge is 0.293 e. The number of nitriles is 1.